The van der Waals surface area contributed by atoms with E-state index in [-0.39, 0.29) is 18.3 Å². The Morgan fingerprint density at radius 1 is 0.957 bits per heavy atom. The van der Waals surface area contributed by atoms with Gasteiger partial charge < -0.3 is 5.32 Å². The molecule has 1 N–H and O–H groups in total. The minimum absolute atomic E-state index is 0. The second kappa shape index (κ2) is 7.72. The van der Waals surface area contributed by atoms with Gasteiger partial charge in [0.1, 0.15) is 0 Å². The summed E-state index contributed by atoms with van der Waals surface area (Å²) in [6.07, 6.45) is 4.97. The van der Waals surface area contributed by atoms with Crippen molar-refractivity contribution < 1.29 is 4.79 Å². The van der Waals surface area contributed by atoms with Gasteiger partial charge in [-0.1, -0.05) is 23.7 Å². The molecular formula is C17H13Cl2N3O. The topological polar surface area (TPSA) is 54.9 Å². The highest BCUT2D eigenvalue weighted by molar-refractivity contribution is 6.30. The molecule has 0 spiro atoms. The summed E-state index contributed by atoms with van der Waals surface area (Å²) in [6, 6.07) is 14.2. The maximum absolute atomic E-state index is 12.1. The van der Waals surface area contributed by atoms with Crippen LogP contribution >= 0.6 is 24.0 Å². The number of amides is 1. The molecule has 6 heteroatoms. The van der Waals surface area contributed by atoms with Gasteiger partial charge in [-0.05, 0) is 36.4 Å². The number of anilines is 1. The third-order valence-corrected chi connectivity index (χ3v) is 3.36. The van der Waals surface area contributed by atoms with E-state index in [9.17, 15) is 4.79 Å². The maximum atomic E-state index is 12.1. The predicted molar refractivity (Wildman–Crippen MR) is 94.1 cm³/mol. The molecular weight excluding hydrogens is 333 g/mol. The molecule has 0 aliphatic carbocycles. The van der Waals surface area contributed by atoms with Gasteiger partial charge in [0.05, 0.1) is 11.9 Å². The van der Waals surface area contributed by atoms with Gasteiger partial charge in [-0.3, -0.25) is 14.8 Å². The molecule has 2 aromatic carbocycles. The standard InChI is InChI=1S/C17H12ClN3O.ClH/c18-14-5-1-13(2-6-14)17(22)21-15-7-3-12(4-8-15)16-11-19-9-10-20-16;/h1-11H,(H,21,22);1H. The predicted octanol–water partition coefficient (Wildman–Crippen LogP) is 4.47. The van der Waals surface area contributed by atoms with Crippen molar-refractivity contribution in [3.05, 3.63) is 77.7 Å². The van der Waals surface area contributed by atoms with Gasteiger partial charge in [-0.15, -0.1) is 12.4 Å². The highest BCUT2D eigenvalue weighted by Gasteiger charge is 2.06. The van der Waals surface area contributed by atoms with Crippen molar-refractivity contribution in [1.29, 1.82) is 0 Å². The maximum Gasteiger partial charge on any atom is 0.255 e. The van der Waals surface area contributed by atoms with Crippen LogP contribution < -0.4 is 5.32 Å². The lowest BCUT2D eigenvalue weighted by molar-refractivity contribution is 0.102. The first-order chi connectivity index (χ1) is 10.7. The van der Waals surface area contributed by atoms with E-state index >= 15 is 0 Å². The average molecular weight is 346 g/mol. The fourth-order valence-electron chi connectivity index (χ4n) is 1.98. The molecule has 1 heterocycles. The summed E-state index contributed by atoms with van der Waals surface area (Å²) in [6.45, 7) is 0. The lowest BCUT2D eigenvalue weighted by Gasteiger charge is -2.06. The lowest BCUT2D eigenvalue weighted by atomic mass is 10.1. The number of rotatable bonds is 3. The third kappa shape index (κ3) is 4.28. The van der Waals surface area contributed by atoms with Gasteiger partial charge in [-0.2, -0.15) is 0 Å². The molecule has 3 aromatic rings. The quantitative estimate of drug-likeness (QED) is 0.761. The summed E-state index contributed by atoms with van der Waals surface area (Å²) in [4.78, 5) is 20.4. The molecule has 116 valence electrons. The van der Waals surface area contributed by atoms with Gasteiger partial charge in [0.25, 0.3) is 5.91 Å². The number of halogens is 2. The van der Waals surface area contributed by atoms with Crippen LogP contribution in [0.4, 0.5) is 5.69 Å². The number of aromatic nitrogens is 2. The van der Waals surface area contributed by atoms with Gasteiger partial charge in [0.15, 0.2) is 0 Å². The molecule has 0 saturated carbocycles. The summed E-state index contributed by atoms with van der Waals surface area (Å²) in [5.41, 5.74) is 3.01. The highest BCUT2D eigenvalue weighted by atomic mass is 35.5. The molecule has 1 aromatic heterocycles. The fraction of sp³-hybridized carbons (Fsp3) is 0. The average Bonchev–Trinajstić information content (AvgIpc) is 2.57. The zero-order valence-corrected chi connectivity index (χ0v) is 13.5. The zero-order valence-electron chi connectivity index (χ0n) is 11.9. The zero-order chi connectivity index (χ0) is 15.4. The molecule has 0 bridgehead atoms. The molecule has 4 nitrogen and oxygen atoms in total. The van der Waals surface area contributed by atoms with Gasteiger partial charge in [0, 0.05) is 34.2 Å². The van der Waals surface area contributed by atoms with Crippen LogP contribution in [0.5, 0.6) is 0 Å². The van der Waals surface area contributed by atoms with Crippen LogP contribution in [0, 0.1) is 0 Å². The number of nitrogens with one attached hydrogen (secondary N) is 1. The highest BCUT2D eigenvalue weighted by Crippen LogP contribution is 2.19. The number of hydrogen-bond acceptors (Lipinski definition) is 3. The van der Waals surface area contributed by atoms with Gasteiger partial charge in [0.2, 0.25) is 0 Å². The third-order valence-electron chi connectivity index (χ3n) is 3.11. The Kier molecular flexibility index (Phi) is 5.68. The van der Waals surface area contributed by atoms with Crippen LogP contribution in [0.15, 0.2) is 67.1 Å². The van der Waals surface area contributed by atoms with Crippen molar-refractivity contribution in [2.75, 3.05) is 5.32 Å². The van der Waals surface area contributed by atoms with Crippen LogP contribution in [0.25, 0.3) is 11.3 Å². The molecule has 3 rings (SSSR count). The lowest BCUT2D eigenvalue weighted by Crippen LogP contribution is -2.11. The van der Waals surface area contributed by atoms with Gasteiger partial charge in [-0.25, -0.2) is 0 Å². The largest absolute Gasteiger partial charge is 0.322 e. The minimum atomic E-state index is -0.177. The molecule has 0 unspecified atom stereocenters. The summed E-state index contributed by atoms with van der Waals surface area (Å²) >= 11 is 5.81. The monoisotopic (exact) mass is 345 g/mol. The number of nitrogens with zero attached hydrogens (tertiary/aromatic N) is 2. The van der Waals surface area contributed by atoms with Crippen LogP contribution in [-0.4, -0.2) is 15.9 Å². The van der Waals surface area contributed by atoms with Crippen molar-refractivity contribution in [3.8, 4) is 11.3 Å². The number of hydrogen-bond donors (Lipinski definition) is 1. The summed E-state index contributed by atoms with van der Waals surface area (Å²) in [7, 11) is 0. The molecule has 0 fully saturated rings. The Hall–Kier alpha value is -2.43. The molecule has 23 heavy (non-hydrogen) atoms. The normalized spacial score (nSPS) is 9.78. The van der Waals surface area contributed by atoms with Crippen molar-refractivity contribution >= 4 is 35.6 Å². The Balaban J connectivity index is 0.00000192. The van der Waals surface area contributed by atoms with E-state index in [0.29, 0.717) is 16.3 Å². The van der Waals surface area contributed by atoms with E-state index < -0.39 is 0 Å². The first-order valence-electron chi connectivity index (χ1n) is 6.66. The Morgan fingerprint density at radius 2 is 1.65 bits per heavy atom. The van der Waals surface area contributed by atoms with E-state index in [1.54, 1.807) is 42.9 Å². The Bertz CT molecular complexity index is 775. The van der Waals surface area contributed by atoms with Crippen molar-refractivity contribution in [2.24, 2.45) is 0 Å². The van der Waals surface area contributed by atoms with E-state index in [0.717, 1.165) is 11.3 Å². The van der Waals surface area contributed by atoms with Crippen LogP contribution in [-0.2, 0) is 0 Å². The van der Waals surface area contributed by atoms with Crippen LogP contribution in [0.2, 0.25) is 5.02 Å². The van der Waals surface area contributed by atoms with Crippen LogP contribution in [0.1, 0.15) is 10.4 Å². The molecule has 1 amide bonds. The van der Waals surface area contributed by atoms with E-state index in [2.05, 4.69) is 15.3 Å². The smallest absolute Gasteiger partial charge is 0.255 e. The summed E-state index contributed by atoms with van der Waals surface area (Å²) < 4.78 is 0. The fourth-order valence-corrected chi connectivity index (χ4v) is 2.10. The van der Waals surface area contributed by atoms with E-state index in [1.165, 1.54) is 0 Å². The van der Waals surface area contributed by atoms with Crippen molar-refractivity contribution in [1.82, 2.24) is 9.97 Å². The van der Waals surface area contributed by atoms with Crippen LogP contribution in [0.3, 0.4) is 0 Å². The van der Waals surface area contributed by atoms with E-state index in [1.807, 2.05) is 24.3 Å². The molecule has 0 aliphatic heterocycles. The first-order valence-corrected chi connectivity index (χ1v) is 7.03. The Morgan fingerprint density at radius 3 is 2.26 bits per heavy atom. The second-order valence-electron chi connectivity index (χ2n) is 4.63. The SMILES string of the molecule is Cl.O=C(Nc1ccc(-c2cnccn2)cc1)c1ccc(Cl)cc1. The molecule has 0 radical (unpaired) electrons. The Labute approximate surface area is 145 Å². The molecule has 0 atom stereocenters. The summed E-state index contributed by atoms with van der Waals surface area (Å²) in [5.74, 6) is -0.177. The number of carbonyl (C=O) groups is 1. The molecule has 0 saturated heterocycles. The number of benzene rings is 2. The first kappa shape index (κ1) is 16.9. The van der Waals surface area contributed by atoms with Crippen molar-refractivity contribution in [2.45, 2.75) is 0 Å². The van der Waals surface area contributed by atoms with Gasteiger partial charge >= 0.3 is 0 Å². The second-order valence-corrected chi connectivity index (χ2v) is 5.07. The minimum Gasteiger partial charge on any atom is -0.322 e. The van der Waals surface area contributed by atoms with E-state index in [4.69, 9.17) is 11.6 Å². The van der Waals surface area contributed by atoms with Crippen molar-refractivity contribution in [3.63, 3.8) is 0 Å². The summed E-state index contributed by atoms with van der Waals surface area (Å²) in [5, 5.41) is 3.44. The number of carbonyl (C=O) groups excluding carboxylic acids is 1. The molecule has 0 aliphatic rings.